The molecule has 1 aromatic heterocycles. The fraction of sp³-hybridized carbons (Fsp3) is 0.522. The van der Waals surface area contributed by atoms with Crippen LogP contribution in [0.15, 0.2) is 36.7 Å². The maximum Gasteiger partial charge on any atom is 0.227 e. The number of nitrogens with zero attached hydrogens (tertiary/aromatic N) is 3. The molecule has 2 aliphatic rings. The van der Waals surface area contributed by atoms with Crippen LogP contribution in [0.2, 0.25) is 0 Å². The molecule has 1 atom stereocenters. The number of piperidine rings is 1. The average Bonchev–Trinajstić information content (AvgIpc) is 3.33. The van der Waals surface area contributed by atoms with Gasteiger partial charge in [-0.05, 0) is 49.8 Å². The summed E-state index contributed by atoms with van der Waals surface area (Å²) in [5.74, 6) is 1.90. The van der Waals surface area contributed by atoms with Crippen LogP contribution in [-0.4, -0.2) is 40.2 Å². The van der Waals surface area contributed by atoms with Crippen LogP contribution in [0.25, 0.3) is 0 Å². The van der Waals surface area contributed by atoms with Gasteiger partial charge in [-0.1, -0.05) is 25.0 Å². The van der Waals surface area contributed by atoms with Crippen molar-refractivity contribution in [3.05, 3.63) is 42.2 Å². The predicted molar refractivity (Wildman–Crippen MR) is 118 cm³/mol. The highest BCUT2D eigenvalue weighted by Gasteiger charge is 2.24. The van der Waals surface area contributed by atoms with Gasteiger partial charge in [-0.2, -0.15) is 0 Å². The van der Waals surface area contributed by atoms with E-state index in [4.69, 9.17) is 0 Å². The molecule has 7 nitrogen and oxygen atoms in total. The Hall–Kier alpha value is -2.67. The van der Waals surface area contributed by atoms with E-state index in [-0.39, 0.29) is 24.5 Å². The highest BCUT2D eigenvalue weighted by atomic mass is 16.3. The molecule has 1 aromatic carbocycles. The maximum absolute atomic E-state index is 12.4. The van der Waals surface area contributed by atoms with E-state index in [1.165, 1.54) is 0 Å². The zero-order valence-electron chi connectivity index (χ0n) is 17.4. The fourth-order valence-electron chi connectivity index (χ4n) is 4.48. The van der Waals surface area contributed by atoms with Gasteiger partial charge in [0, 0.05) is 30.8 Å². The third-order valence-electron chi connectivity index (χ3n) is 6.18. The van der Waals surface area contributed by atoms with Gasteiger partial charge in [0.05, 0.1) is 12.6 Å². The first-order valence-corrected chi connectivity index (χ1v) is 11.1. The molecule has 1 amide bonds. The molecule has 30 heavy (non-hydrogen) atoms. The summed E-state index contributed by atoms with van der Waals surface area (Å²) in [6.45, 7) is 1.66. The van der Waals surface area contributed by atoms with Crippen LogP contribution in [0.4, 0.5) is 17.3 Å². The minimum absolute atomic E-state index is 0.127. The number of hydrogen-bond acceptors (Lipinski definition) is 6. The molecule has 2 fully saturated rings. The number of anilines is 3. The van der Waals surface area contributed by atoms with Crippen LogP contribution < -0.4 is 15.5 Å². The number of aliphatic hydroxyl groups excluding tert-OH is 1. The first kappa shape index (κ1) is 20.6. The van der Waals surface area contributed by atoms with Crippen LogP contribution in [0.1, 0.15) is 50.5 Å². The van der Waals surface area contributed by atoms with Gasteiger partial charge < -0.3 is 20.6 Å². The molecule has 1 saturated heterocycles. The Bertz CT molecular complexity index is 853. The quantitative estimate of drug-likeness (QED) is 0.648. The zero-order valence-corrected chi connectivity index (χ0v) is 17.4. The smallest absolute Gasteiger partial charge is 0.227 e. The van der Waals surface area contributed by atoms with Crippen LogP contribution >= 0.6 is 0 Å². The van der Waals surface area contributed by atoms with Crippen LogP contribution in [0, 0.1) is 5.92 Å². The van der Waals surface area contributed by atoms with Crippen molar-refractivity contribution in [2.45, 2.75) is 57.5 Å². The van der Waals surface area contributed by atoms with Crippen molar-refractivity contribution in [3.8, 4) is 0 Å². The molecular weight excluding hydrogens is 378 g/mol. The Labute approximate surface area is 177 Å². The summed E-state index contributed by atoms with van der Waals surface area (Å²) in [6.07, 6.45) is 9.11. The second kappa shape index (κ2) is 9.89. The molecule has 3 N–H and O–H groups in total. The first-order chi connectivity index (χ1) is 14.7. The molecule has 2 heterocycles. The highest BCUT2D eigenvalue weighted by molar-refractivity contribution is 5.92. The summed E-state index contributed by atoms with van der Waals surface area (Å²) in [6, 6.07) is 10.0. The van der Waals surface area contributed by atoms with E-state index in [9.17, 15) is 9.90 Å². The second-order valence-electron chi connectivity index (χ2n) is 8.31. The van der Waals surface area contributed by atoms with Gasteiger partial charge in [-0.3, -0.25) is 4.79 Å². The van der Waals surface area contributed by atoms with Crippen molar-refractivity contribution < 1.29 is 9.90 Å². The summed E-state index contributed by atoms with van der Waals surface area (Å²) in [5.41, 5.74) is 1.92. The molecule has 0 radical (unpaired) electrons. The van der Waals surface area contributed by atoms with Crippen molar-refractivity contribution in [1.29, 1.82) is 0 Å². The van der Waals surface area contributed by atoms with Gasteiger partial charge in [0.15, 0.2) is 0 Å². The predicted octanol–water partition coefficient (Wildman–Crippen LogP) is 3.57. The molecule has 2 aromatic rings. The van der Waals surface area contributed by atoms with E-state index in [1.807, 2.05) is 30.3 Å². The average molecular weight is 410 g/mol. The van der Waals surface area contributed by atoms with Crippen molar-refractivity contribution in [2.75, 3.05) is 28.7 Å². The number of amides is 1. The third-order valence-corrected chi connectivity index (χ3v) is 6.18. The highest BCUT2D eigenvalue weighted by Crippen LogP contribution is 2.27. The van der Waals surface area contributed by atoms with Gasteiger partial charge in [-0.15, -0.1) is 0 Å². The first-order valence-electron chi connectivity index (χ1n) is 11.1. The molecule has 160 valence electrons. The van der Waals surface area contributed by atoms with Crippen molar-refractivity contribution >= 4 is 23.2 Å². The lowest BCUT2D eigenvalue weighted by Crippen LogP contribution is -2.42. The lowest BCUT2D eigenvalue weighted by atomic mass is 10.0. The normalized spacial score (nSPS) is 19.6. The summed E-state index contributed by atoms with van der Waals surface area (Å²) < 4.78 is 0. The molecule has 4 rings (SSSR count). The largest absolute Gasteiger partial charge is 0.394 e. The lowest BCUT2D eigenvalue weighted by Gasteiger charge is -2.35. The number of carbonyl (C=O) groups is 1. The van der Waals surface area contributed by atoms with Gasteiger partial charge in [-0.25, -0.2) is 9.97 Å². The Morgan fingerprint density at radius 3 is 2.77 bits per heavy atom. The van der Waals surface area contributed by atoms with Crippen LogP contribution in [0.3, 0.4) is 0 Å². The minimum atomic E-state index is 0.127. The minimum Gasteiger partial charge on any atom is -0.394 e. The van der Waals surface area contributed by atoms with Crippen LogP contribution in [0.5, 0.6) is 0 Å². The lowest BCUT2D eigenvalue weighted by molar-refractivity contribution is -0.119. The summed E-state index contributed by atoms with van der Waals surface area (Å²) in [5, 5.41) is 16.1. The van der Waals surface area contributed by atoms with Crippen LogP contribution in [-0.2, 0) is 11.3 Å². The Balaban J connectivity index is 1.37. The fourth-order valence-corrected chi connectivity index (χ4v) is 4.48. The molecule has 0 spiro atoms. The number of hydrogen-bond donors (Lipinski definition) is 3. The Morgan fingerprint density at radius 1 is 1.10 bits per heavy atom. The Kier molecular flexibility index (Phi) is 6.79. The number of aromatic nitrogens is 2. The van der Waals surface area contributed by atoms with E-state index >= 15 is 0 Å². The maximum atomic E-state index is 12.4. The molecule has 1 aliphatic carbocycles. The number of carbonyl (C=O) groups excluding carboxylic acids is 1. The topological polar surface area (TPSA) is 90.4 Å². The number of benzene rings is 1. The van der Waals surface area contributed by atoms with Crippen molar-refractivity contribution in [1.82, 2.24) is 9.97 Å². The molecular formula is C23H31N5O2. The van der Waals surface area contributed by atoms with E-state index in [1.54, 1.807) is 6.33 Å². The third kappa shape index (κ3) is 5.08. The van der Waals surface area contributed by atoms with Gasteiger partial charge >= 0.3 is 0 Å². The number of aliphatic hydroxyl groups is 1. The SMILES string of the molecule is O=C(Nc1cccc(CNc2cc(N3CCCCC3CO)ncn2)c1)C1CCCC1. The molecule has 7 heteroatoms. The second-order valence-corrected chi connectivity index (χ2v) is 8.31. The summed E-state index contributed by atoms with van der Waals surface area (Å²) in [7, 11) is 0. The Morgan fingerprint density at radius 2 is 1.93 bits per heavy atom. The molecule has 0 bridgehead atoms. The van der Waals surface area contributed by atoms with E-state index in [0.29, 0.717) is 6.54 Å². The van der Waals surface area contributed by atoms with Crippen molar-refractivity contribution in [2.24, 2.45) is 5.92 Å². The standard InChI is InChI=1S/C23H31N5O2/c29-15-20-10-3-4-11-28(20)22-13-21(25-16-26-22)24-14-17-6-5-9-19(12-17)27-23(30)18-7-1-2-8-18/h5-6,9,12-13,16,18,20,29H,1-4,7-8,10-11,14-15H2,(H,27,30)(H,24,25,26). The van der Waals surface area contributed by atoms with Gasteiger partial charge in [0.25, 0.3) is 0 Å². The monoisotopic (exact) mass is 409 g/mol. The molecule has 1 unspecified atom stereocenters. The van der Waals surface area contributed by atoms with E-state index in [0.717, 1.165) is 74.4 Å². The summed E-state index contributed by atoms with van der Waals surface area (Å²) in [4.78, 5) is 23.3. The molecule has 1 saturated carbocycles. The van der Waals surface area contributed by atoms with Gasteiger partial charge in [0.2, 0.25) is 5.91 Å². The van der Waals surface area contributed by atoms with Crippen molar-refractivity contribution in [3.63, 3.8) is 0 Å². The number of nitrogens with one attached hydrogen (secondary N) is 2. The molecule has 1 aliphatic heterocycles. The van der Waals surface area contributed by atoms with E-state index < -0.39 is 0 Å². The zero-order chi connectivity index (χ0) is 20.8. The number of rotatable bonds is 7. The van der Waals surface area contributed by atoms with E-state index in [2.05, 4.69) is 25.5 Å². The van der Waals surface area contributed by atoms with Gasteiger partial charge in [0.1, 0.15) is 18.0 Å². The summed E-state index contributed by atoms with van der Waals surface area (Å²) >= 11 is 0.